The van der Waals surface area contributed by atoms with Gasteiger partial charge in [0.25, 0.3) is 5.91 Å². The zero-order chi connectivity index (χ0) is 25.2. The number of benzene rings is 3. The highest BCUT2D eigenvalue weighted by molar-refractivity contribution is 6.30. The van der Waals surface area contributed by atoms with Crippen molar-refractivity contribution in [3.63, 3.8) is 0 Å². The Kier molecular flexibility index (Phi) is 7.03. The first-order valence-corrected chi connectivity index (χ1v) is 11.4. The molecule has 3 aromatic rings. The first-order valence-electron chi connectivity index (χ1n) is 11.0. The van der Waals surface area contributed by atoms with E-state index in [0.29, 0.717) is 36.0 Å². The minimum Gasteiger partial charge on any atom is -0.320 e. The van der Waals surface area contributed by atoms with Gasteiger partial charge in [0.15, 0.2) is 0 Å². The maximum absolute atomic E-state index is 13.3. The molecule has 35 heavy (non-hydrogen) atoms. The quantitative estimate of drug-likeness (QED) is 0.420. The summed E-state index contributed by atoms with van der Waals surface area (Å²) in [5, 5.41) is 3.36. The molecule has 1 aliphatic rings. The largest absolute Gasteiger partial charge is 0.416 e. The van der Waals surface area contributed by atoms with E-state index in [2.05, 4.69) is 5.32 Å². The van der Waals surface area contributed by atoms with Crippen molar-refractivity contribution in [2.24, 2.45) is 0 Å². The molecule has 1 N–H and O–H groups in total. The van der Waals surface area contributed by atoms with Crippen LogP contribution in [0.3, 0.4) is 0 Å². The van der Waals surface area contributed by atoms with Crippen molar-refractivity contribution in [1.29, 1.82) is 0 Å². The molecule has 0 bridgehead atoms. The summed E-state index contributed by atoms with van der Waals surface area (Å²) >= 11 is 6.08. The maximum Gasteiger partial charge on any atom is 0.416 e. The Morgan fingerprint density at radius 2 is 1.77 bits per heavy atom. The van der Waals surface area contributed by atoms with Gasteiger partial charge in [0, 0.05) is 30.2 Å². The lowest BCUT2D eigenvalue weighted by molar-refractivity contribution is -0.137. The number of hydrogen-bond acceptors (Lipinski definition) is 2. The third-order valence-corrected chi connectivity index (χ3v) is 5.97. The Morgan fingerprint density at radius 1 is 1.03 bits per heavy atom. The van der Waals surface area contributed by atoms with Crippen LogP contribution >= 0.6 is 11.6 Å². The van der Waals surface area contributed by atoms with Crippen molar-refractivity contribution in [3.8, 4) is 0 Å². The standard InChI is InChI=1S/C26H23ClF3N3O2/c1-17-6-11-23(22(14-17)31-24(34)19-7-9-20(10-8-19)26(28,29)30)33-13-3-12-32(25(33)35)16-18-4-2-5-21(27)15-18/h2,4-11,14-15H,3,12-13,16H2,1H3,(H,31,34). The first kappa shape index (κ1) is 24.6. The average Bonchev–Trinajstić information content (AvgIpc) is 2.80. The van der Waals surface area contributed by atoms with Crippen LogP contribution in [0.5, 0.6) is 0 Å². The Balaban J connectivity index is 1.55. The Morgan fingerprint density at radius 3 is 2.46 bits per heavy atom. The zero-order valence-corrected chi connectivity index (χ0v) is 19.7. The summed E-state index contributed by atoms with van der Waals surface area (Å²) < 4.78 is 38.5. The fraction of sp³-hybridized carbons (Fsp3) is 0.231. The van der Waals surface area contributed by atoms with Gasteiger partial charge >= 0.3 is 12.2 Å². The predicted octanol–water partition coefficient (Wildman–Crippen LogP) is 6.75. The number of nitrogens with one attached hydrogen (secondary N) is 1. The summed E-state index contributed by atoms with van der Waals surface area (Å²) in [6, 6.07) is 16.5. The van der Waals surface area contributed by atoms with Crippen LogP contribution in [0, 0.1) is 6.92 Å². The Bertz CT molecular complexity index is 1250. The Hall–Kier alpha value is -3.52. The molecule has 9 heteroatoms. The van der Waals surface area contributed by atoms with E-state index < -0.39 is 17.6 Å². The van der Waals surface area contributed by atoms with E-state index in [4.69, 9.17) is 11.6 Å². The SMILES string of the molecule is Cc1ccc(N2CCCN(Cc3cccc(Cl)c3)C2=O)c(NC(=O)c2ccc(C(F)(F)F)cc2)c1. The smallest absolute Gasteiger partial charge is 0.320 e. The number of halogens is 4. The normalized spacial score (nSPS) is 14.3. The number of rotatable bonds is 5. The van der Waals surface area contributed by atoms with Gasteiger partial charge in [-0.1, -0.05) is 29.8 Å². The van der Waals surface area contributed by atoms with Crippen LogP contribution in [-0.4, -0.2) is 29.9 Å². The average molecular weight is 502 g/mol. The molecule has 3 aromatic carbocycles. The second kappa shape index (κ2) is 10.00. The lowest BCUT2D eigenvalue weighted by Gasteiger charge is -2.36. The maximum atomic E-state index is 13.3. The van der Waals surface area contributed by atoms with Gasteiger partial charge in [-0.25, -0.2) is 4.79 Å². The first-order chi connectivity index (χ1) is 16.6. The van der Waals surface area contributed by atoms with E-state index in [1.54, 1.807) is 28.0 Å². The highest BCUT2D eigenvalue weighted by Crippen LogP contribution is 2.32. The molecule has 4 rings (SSSR count). The third-order valence-electron chi connectivity index (χ3n) is 5.74. The lowest BCUT2D eigenvalue weighted by atomic mass is 10.1. The number of alkyl halides is 3. The summed E-state index contributed by atoms with van der Waals surface area (Å²) in [4.78, 5) is 29.5. The van der Waals surface area contributed by atoms with E-state index in [1.807, 2.05) is 31.2 Å². The molecule has 5 nitrogen and oxygen atoms in total. The summed E-state index contributed by atoms with van der Waals surface area (Å²) in [6.45, 7) is 3.30. The number of anilines is 2. The van der Waals surface area contributed by atoms with Gasteiger partial charge in [-0.3, -0.25) is 9.69 Å². The number of hydrogen-bond donors (Lipinski definition) is 1. The number of urea groups is 1. The van der Waals surface area contributed by atoms with Gasteiger partial charge in [0.1, 0.15) is 0 Å². The van der Waals surface area contributed by atoms with Crippen LogP contribution in [0.2, 0.25) is 5.02 Å². The van der Waals surface area contributed by atoms with Gasteiger partial charge in [-0.05, 0) is 73.0 Å². The summed E-state index contributed by atoms with van der Waals surface area (Å²) in [5.74, 6) is -0.564. The monoisotopic (exact) mass is 501 g/mol. The van der Waals surface area contributed by atoms with Gasteiger partial charge in [-0.15, -0.1) is 0 Å². The molecule has 1 fully saturated rings. The van der Waals surface area contributed by atoms with Crippen LogP contribution in [0.4, 0.5) is 29.3 Å². The fourth-order valence-electron chi connectivity index (χ4n) is 4.00. The van der Waals surface area contributed by atoms with Crippen molar-refractivity contribution in [2.45, 2.75) is 26.1 Å². The molecule has 1 heterocycles. The molecule has 0 saturated carbocycles. The van der Waals surface area contributed by atoms with Crippen LogP contribution in [-0.2, 0) is 12.7 Å². The molecule has 0 atom stereocenters. The molecular formula is C26H23ClF3N3O2. The van der Waals surface area contributed by atoms with Gasteiger partial charge in [0.2, 0.25) is 0 Å². The van der Waals surface area contributed by atoms with E-state index in [-0.39, 0.29) is 11.6 Å². The fourth-order valence-corrected chi connectivity index (χ4v) is 4.21. The van der Waals surface area contributed by atoms with Gasteiger partial charge < -0.3 is 10.2 Å². The molecule has 0 unspecified atom stereocenters. The molecule has 1 aliphatic heterocycles. The Labute approximate surface area is 206 Å². The number of amides is 3. The van der Waals surface area contributed by atoms with Crippen LogP contribution in [0.25, 0.3) is 0 Å². The number of carbonyl (C=O) groups is 2. The molecule has 182 valence electrons. The zero-order valence-electron chi connectivity index (χ0n) is 18.9. The van der Waals surface area contributed by atoms with Crippen LogP contribution < -0.4 is 10.2 Å². The minimum absolute atomic E-state index is 0.0815. The number of carbonyl (C=O) groups excluding carboxylic acids is 2. The molecular weight excluding hydrogens is 479 g/mol. The van der Waals surface area contributed by atoms with E-state index in [1.165, 1.54) is 0 Å². The number of aryl methyl sites for hydroxylation is 1. The summed E-state index contributed by atoms with van der Waals surface area (Å²) in [7, 11) is 0. The highest BCUT2D eigenvalue weighted by atomic mass is 35.5. The third kappa shape index (κ3) is 5.77. The van der Waals surface area contributed by atoms with Crippen LogP contribution in [0.1, 0.15) is 33.5 Å². The van der Waals surface area contributed by atoms with E-state index in [0.717, 1.165) is 41.8 Å². The molecule has 0 radical (unpaired) electrons. The van der Waals surface area contributed by atoms with Gasteiger partial charge in [0.05, 0.1) is 16.9 Å². The van der Waals surface area contributed by atoms with E-state index in [9.17, 15) is 22.8 Å². The van der Waals surface area contributed by atoms with Gasteiger partial charge in [-0.2, -0.15) is 13.2 Å². The minimum atomic E-state index is -4.48. The molecule has 0 aromatic heterocycles. The number of nitrogens with zero attached hydrogens (tertiary/aromatic N) is 2. The van der Waals surface area contributed by atoms with Crippen molar-refractivity contribution in [1.82, 2.24) is 4.90 Å². The van der Waals surface area contributed by atoms with Crippen molar-refractivity contribution in [2.75, 3.05) is 23.3 Å². The summed E-state index contributed by atoms with van der Waals surface area (Å²) in [6.07, 6.45) is -3.75. The van der Waals surface area contributed by atoms with Crippen molar-refractivity contribution in [3.05, 3.63) is 94.0 Å². The molecule has 1 saturated heterocycles. The molecule has 0 spiro atoms. The highest BCUT2D eigenvalue weighted by Gasteiger charge is 2.31. The van der Waals surface area contributed by atoms with Crippen molar-refractivity contribution >= 4 is 34.9 Å². The molecule has 0 aliphatic carbocycles. The molecule has 3 amide bonds. The predicted molar refractivity (Wildman–Crippen MR) is 130 cm³/mol. The summed E-state index contributed by atoms with van der Waals surface area (Å²) in [5.41, 5.74) is 1.95. The van der Waals surface area contributed by atoms with Crippen molar-refractivity contribution < 1.29 is 22.8 Å². The second-order valence-corrected chi connectivity index (χ2v) is 8.83. The second-order valence-electron chi connectivity index (χ2n) is 8.39. The van der Waals surface area contributed by atoms with Crippen LogP contribution in [0.15, 0.2) is 66.7 Å². The van der Waals surface area contributed by atoms with E-state index >= 15 is 0 Å². The lowest BCUT2D eigenvalue weighted by Crippen LogP contribution is -2.49. The topological polar surface area (TPSA) is 52.6 Å².